The SMILES string of the molecule is CCNC(=O)Nc1cc(-c2cccc(C(=O)OCC)c2)ccn1. The Kier molecular flexibility index (Phi) is 5.68. The Morgan fingerprint density at radius 2 is 1.91 bits per heavy atom. The topological polar surface area (TPSA) is 80.3 Å². The van der Waals surface area contributed by atoms with Gasteiger partial charge in [-0.15, -0.1) is 0 Å². The molecule has 0 aliphatic rings. The Bertz CT molecular complexity index is 701. The van der Waals surface area contributed by atoms with Gasteiger partial charge >= 0.3 is 12.0 Å². The maximum absolute atomic E-state index is 11.8. The number of carbonyl (C=O) groups excluding carboxylic acids is 2. The van der Waals surface area contributed by atoms with Gasteiger partial charge in [-0.25, -0.2) is 14.6 Å². The van der Waals surface area contributed by atoms with Crippen LogP contribution in [0, 0.1) is 0 Å². The summed E-state index contributed by atoms with van der Waals surface area (Å²) in [4.78, 5) is 27.5. The molecule has 2 N–H and O–H groups in total. The Morgan fingerprint density at radius 1 is 1.13 bits per heavy atom. The van der Waals surface area contributed by atoms with Crippen molar-refractivity contribution < 1.29 is 14.3 Å². The van der Waals surface area contributed by atoms with Crippen LogP contribution in [0.15, 0.2) is 42.6 Å². The van der Waals surface area contributed by atoms with Crippen molar-refractivity contribution in [2.24, 2.45) is 0 Å². The first-order valence-electron chi connectivity index (χ1n) is 7.42. The van der Waals surface area contributed by atoms with Crippen molar-refractivity contribution in [3.63, 3.8) is 0 Å². The molecule has 2 rings (SSSR count). The maximum Gasteiger partial charge on any atom is 0.338 e. The fraction of sp³-hybridized carbons (Fsp3) is 0.235. The van der Waals surface area contributed by atoms with Gasteiger partial charge in [0, 0.05) is 12.7 Å². The number of nitrogens with zero attached hydrogens (tertiary/aromatic N) is 1. The van der Waals surface area contributed by atoms with Gasteiger partial charge in [0.2, 0.25) is 0 Å². The summed E-state index contributed by atoms with van der Waals surface area (Å²) in [7, 11) is 0. The van der Waals surface area contributed by atoms with Crippen molar-refractivity contribution in [1.29, 1.82) is 0 Å². The molecular weight excluding hydrogens is 294 g/mol. The second-order valence-electron chi connectivity index (χ2n) is 4.72. The van der Waals surface area contributed by atoms with E-state index in [4.69, 9.17) is 4.74 Å². The van der Waals surface area contributed by atoms with Gasteiger partial charge in [-0.2, -0.15) is 0 Å². The minimum absolute atomic E-state index is 0.308. The highest BCUT2D eigenvalue weighted by Crippen LogP contribution is 2.22. The van der Waals surface area contributed by atoms with Crippen molar-refractivity contribution in [2.45, 2.75) is 13.8 Å². The Balaban J connectivity index is 2.23. The van der Waals surface area contributed by atoms with Crippen LogP contribution in [0.25, 0.3) is 11.1 Å². The number of aromatic nitrogens is 1. The van der Waals surface area contributed by atoms with Gasteiger partial charge in [0.1, 0.15) is 5.82 Å². The second-order valence-corrected chi connectivity index (χ2v) is 4.72. The van der Waals surface area contributed by atoms with Crippen LogP contribution in [0.2, 0.25) is 0 Å². The van der Waals surface area contributed by atoms with E-state index < -0.39 is 0 Å². The molecule has 0 saturated heterocycles. The molecule has 0 unspecified atom stereocenters. The first kappa shape index (κ1) is 16.5. The normalized spacial score (nSPS) is 10.0. The molecule has 0 fully saturated rings. The summed E-state index contributed by atoms with van der Waals surface area (Å²) < 4.78 is 5.01. The lowest BCUT2D eigenvalue weighted by atomic mass is 10.0. The summed E-state index contributed by atoms with van der Waals surface area (Å²) in [6.45, 7) is 4.47. The molecule has 0 aliphatic carbocycles. The number of pyridine rings is 1. The molecule has 23 heavy (non-hydrogen) atoms. The van der Waals surface area contributed by atoms with Gasteiger partial charge < -0.3 is 10.1 Å². The van der Waals surface area contributed by atoms with Crippen LogP contribution in [-0.4, -0.2) is 30.1 Å². The third-order valence-corrected chi connectivity index (χ3v) is 3.05. The number of nitrogens with one attached hydrogen (secondary N) is 2. The Morgan fingerprint density at radius 3 is 2.65 bits per heavy atom. The zero-order valence-corrected chi connectivity index (χ0v) is 13.1. The summed E-state index contributed by atoms with van der Waals surface area (Å²) in [5.74, 6) is 0.0825. The lowest BCUT2D eigenvalue weighted by Crippen LogP contribution is -2.28. The number of amides is 2. The van der Waals surface area contributed by atoms with Crippen molar-refractivity contribution >= 4 is 17.8 Å². The number of esters is 1. The number of carbonyl (C=O) groups is 2. The first-order chi connectivity index (χ1) is 11.1. The van der Waals surface area contributed by atoms with Crippen molar-refractivity contribution in [1.82, 2.24) is 10.3 Å². The molecule has 0 spiro atoms. The predicted molar refractivity (Wildman–Crippen MR) is 88.3 cm³/mol. The van der Waals surface area contributed by atoms with Crippen LogP contribution >= 0.6 is 0 Å². The van der Waals surface area contributed by atoms with Crippen LogP contribution in [0.5, 0.6) is 0 Å². The molecule has 6 nitrogen and oxygen atoms in total. The average molecular weight is 313 g/mol. The van der Waals surface area contributed by atoms with Crippen molar-refractivity contribution in [3.05, 3.63) is 48.2 Å². The highest BCUT2D eigenvalue weighted by Gasteiger charge is 2.09. The molecule has 2 amide bonds. The van der Waals surface area contributed by atoms with Crippen LogP contribution in [0.1, 0.15) is 24.2 Å². The third-order valence-electron chi connectivity index (χ3n) is 3.05. The van der Waals surface area contributed by atoms with E-state index in [1.807, 2.05) is 19.1 Å². The largest absolute Gasteiger partial charge is 0.462 e. The highest BCUT2D eigenvalue weighted by molar-refractivity contribution is 5.91. The lowest BCUT2D eigenvalue weighted by molar-refractivity contribution is 0.0526. The van der Waals surface area contributed by atoms with Gasteiger partial charge in [-0.3, -0.25) is 5.32 Å². The highest BCUT2D eigenvalue weighted by atomic mass is 16.5. The monoisotopic (exact) mass is 313 g/mol. The van der Waals surface area contributed by atoms with Crippen LogP contribution in [0.3, 0.4) is 0 Å². The zero-order chi connectivity index (χ0) is 16.7. The summed E-state index contributed by atoms with van der Waals surface area (Å²) >= 11 is 0. The van der Waals surface area contributed by atoms with E-state index in [0.717, 1.165) is 11.1 Å². The molecule has 1 heterocycles. The van der Waals surface area contributed by atoms with Crippen molar-refractivity contribution in [2.75, 3.05) is 18.5 Å². The minimum atomic E-state index is -0.357. The number of anilines is 1. The number of urea groups is 1. The Hall–Kier alpha value is -2.89. The number of hydrogen-bond donors (Lipinski definition) is 2. The summed E-state index contributed by atoms with van der Waals surface area (Å²) in [5, 5.41) is 5.30. The number of hydrogen-bond acceptors (Lipinski definition) is 4. The summed E-state index contributed by atoms with van der Waals surface area (Å²) in [6.07, 6.45) is 1.61. The van der Waals surface area contributed by atoms with Crippen LogP contribution < -0.4 is 10.6 Å². The molecule has 0 saturated carbocycles. The Labute approximate surface area is 134 Å². The third kappa shape index (κ3) is 4.54. The standard InChI is InChI=1S/C17H19N3O3/c1-3-18-17(22)20-15-11-13(8-9-19-15)12-6-5-7-14(10-12)16(21)23-4-2/h5-11H,3-4H2,1-2H3,(H2,18,19,20,22). The van der Waals surface area contributed by atoms with E-state index in [1.165, 1.54) is 0 Å². The van der Waals surface area contributed by atoms with Gasteiger partial charge in [-0.05, 0) is 49.2 Å². The summed E-state index contributed by atoms with van der Waals surface area (Å²) in [6, 6.07) is 10.4. The van der Waals surface area contributed by atoms with Crippen molar-refractivity contribution in [3.8, 4) is 11.1 Å². The molecule has 1 aromatic heterocycles. The molecule has 0 atom stereocenters. The fourth-order valence-corrected chi connectivity index (χ4v) is 2.04. The number of ether oxygens (including phenoxy) is 1. The van der Waals surface area contributed by atoms with Gasteiger partial charge in [-0.1, -0.05) is 12.1 Å². The van der Waals surface area contributed by atoms with E-state index in [9.17, 15) is 9.59 Å². The number of benzene rings is 1. The quantitative estimate of drug-likeness (QED) is 0.831. The van der Waals surface area contributed by atoms with Crippen LogP contribution in [-0.2, 0) is 4.74 Å². The predicted octanol–water partition coefficient (Wildman–Crippen LogP) is 3.07. The van der Waals surface area contributed by atoms with Gasteiger partial charge in [0.05, 0.1) is 12.2 Å². The molecule has 0 aliphatic heterocycles. The summed E-state index contributed by atoms with van der Waals surface area (Å²) in [5.41, 5.74) is 2.18. The molecule has 1 aromatic carbocycles. The molecule has 6 heteroatoms. The van der Waals surface area contributed by atoms with Gasteiger partial charge in [0.25, 0.3) is 0 Å². The lowest BCUT2D eigenvalue weighted by Gasteiger charge is -2.08. The van der Waals surface area contributed by atoms with E-state index in [2.05, 4.69) is 15.6 Å². The average Bonchev–Trinajstić information content (AvgIpc) is 2.55. The molecule has 0 radical (unpaired) electrons. The molecule has 120 valence electrons. The van der Waals surface area contributed by atoms with E-state index in [-0.39, 0.29) is 12.0 Å². The van der Waals surface area contributed by atoms with Gasteiger partial charge in [0.15, 0.2) is 0 Å². The molecule has 2 aromatic rings. The maximum atomic E-state index is 11.8. The first-order valence-corrected chi connectivity index (χ1v) is 7.42. The fourth-order valence-electron chi connectivity index (χ4n) is 2.04. The number of rotatable bonds is 5. The van der Waals surface area contributed by atoms with E-state index in [0.29, 0.717) is 24.5 Å². The van der Waals surface area contributed by atoms with Crippen LogP contribution in [0.4, 0.5) is 10.6 Å². The molecule has 0 bridgehead atoms. The second kappa shape index (κ2) is 7.93. The van der Waals surface area contributed by atoms with E-state index in [1.54, 1.807) is 37.4 Å². The molecular formula is C17H19N3O3. The van der Waals surface area contributed by atoms with E-state index >= 15 is 0 Å². The minimum Gasteiger partial charge on any atom is -0.462 e. The smallest absolute Gasteiger partial charge is 0.338 e. The zero-order valence-electron chi connectivity index (χ0n) is 13.1.